The molecule has 1 aromatic carbocycles. The summed E-state index contributed by atoms with van der Waals surface area (Å²) in [5.74, 6) is 0.798. The van der Waals surface area contributed by atoms with E-state index in [2.05, 4.69) is 31.3 Å². The molecule has 0 atom stereocenters. The Kier molecular flexibility index (Phi) is 7.78. The molecule has 170 valence electrons. The van der Waals surface area contributed by atoms with Crippen LogP contribution >= 0.6 is 0 Å². The number of tetrazole rings is 1. The average Bonchev–Trinajstić information content (AvgIpc) is 3.29. The number of allylic oxidation sites excluding steroid dienone is 1. The van der Waals surface area contributed by atoms with Crippen molar-refractivity contribution < 1.29 is 9.53 Å². The lowest BCUT2D eigenvalue weighted by molar-refractivity contribution is 0.0184. The standard InChI is InChI=1S/C22H30N8O2/c1-22(2,3)32-21(31)30-10-8-17(9-11-30)14-24-13-16-4-6-19(7-5-16)25-15-18(12-23)20-26-28-29-27-20/h4-7,15,17,24-25H,8-11,13-14H2,1-3H3,(H,26,27,28,29). The van der Waals surface area contributed by atoms with E-state index in [0.717, 1.165) is 44.7 Å². The van der Waals surface area contributed by atoms with Crippen molar-refractivity contribution in [3.63, 3.8) is 0 Å². The first kappa shape index (κ1) is 23.2. The van der Waals surface area contributed by atoms with Crippen LogP contribution in [-0.4, -0.2) is 56.9 Å². The van der Waals surface area contributed by atoms with Gasteiger partial charge in [0.15, 0.2) is 0 Å². The van der Waals surface area contributed by atoms with Crippen LogP contribution in [0.2, 0.25) is 0 Å². The van der Waals surface area contributed by atoms with Gasteiger partial charge in [-0.05, 0) is 69.0 Å². The van der Waals surface area contributed by atoms with E-state index >= 15 is 0 Å². The van der Waals surface area contributed by atoms with Crippen LogP contribution < -0.4 is 10.6 Å². The molecule has 10 heteroatoms. The monoisotopic (exact) mass is 438 g/mol. The van der Waals surface area contributed by atoms with Crippen LogP contribution in [0.25, 0.3) is 5.57 Å². The minimum Gasteiger partial charge on any atom is -0.444 e. The number of nitrogens with one attached hydrogen (secondary N) is 3. The number of carbonyl (C=O) groups is 1. The van der Waals surface area contributed by atoms with Gasteiger partial charge < -0.3 is 20.3 Å². The zero-order chi connectivity index (χ0) is 23.0. The number of benzene rings is 1. The molecule has 0 radical (unpaired) electrons. The Labute approximate surface area is 188 Å². The molecule has 0 bridgehead atoms. The van der Waals surface area contributed by atoms with E-state index in [1.54, 1.807) is 11.1 Å². The average molecular weight is 439 g/mol. The highest BCUT2D eigenvalue weighted by molar-refractivity contribution is 5.74. The third-order valence-electron chi connectivity index (χ3n) is 5.07. The SMILES string of the molecule is CC(C)(C)OC(=O)N1CCC(CNCc2ccc(NC=C(C#N)c3nn[nH]n3)cc2)CC1. The summed E-state index contributed by atoms with van der Waals surface area (Å²) in [6.07, 6.45) is 3.29. The number of anilines is 1. The summed E-state index contributed by atoms with van der Waals surface area (Å²) in [6, 6.07) is 10.0. The highest BCUT2D eigenvalue weighted by Crippen LogP contribution is 2.19. The number of nitrogens with zero attached hydrogens (tertiary/aromatic N) is 5. The second kappa shape index (κ2) is 10.7. The van der Waals surface area contributed by atoms with Crippen LogP contribution in [0.4, 0.5) is 10.5 Å². The molecule has 2 heterocycles. The summed E-state index contributed by atoms with van der Waals surface area (Å²) >= 11 is 0. The van der Waals surface area contributed by atoms with Gasteiger partial charge in [-0.1, -0.05) is 12.1 Å². The van der Waals surface area contributed by atoms with Crippen LogP contribution in [0.3, 0.4) is 0 Å². The number of piperidine rings is 1. The van der Waals surface area contributed by atoms with Crippen molar-refractivity contribution in [1.82, 2.24) is 30.8 Å². The predicted molar refractivity (Wildman–Crippen MR) is 120 cm³/mol. The molecule has 32 heavy (non-hydrogen) atoms. The summed E-state index contributed by atoms with van der Waals surface area (Å²) < 4.78 is 5.45. The van der Waals surface area contributed by atoms with Gasteiger partial charge in [-0.2, -0.15) is 10.5 Å². The summed E-state index contributed by atoms with van der Waals surface area (Å²) in [5.41, 5.74) is 1.87. The number of H-pyrrole nitrogens is 1. The van der Waals surface area contributed by atoms with Crippen molar-refractivity contribution in [2.24, 2.45) is 5.92 Å². The Morgan fingerprint density at radius 1 is 1.31 bits per heavy atom. The molecular formula is C22H30N8O2. The van der Waals surface area contributed by atoms with Crippen LogP contribution in [0.1, 0.15) is 45.0 Å². The zero-order valence-corrected chi connectivity index (χ0v) is 18.8. The van der Waals surface area contributed by atoms with Gasteiger partial charge in [-0.15, -0.1) is 10.2 Å². The Morgan fingerprint density at radius 3 is 2.62 bits per heavy atom. The summed E-state index contributed by atoms with van der Waals surface area (Å²) in [6.45, 7) is 8.84. The molecule has 3 N–H and O–H groups in total. The number of carbonyl (C=O) groups excluding carboxylic acids is 1. The first-order valence-electron chi connectivity index (χ1n) is 10.7. The number of hydrogen-bond donors (Lipinski definition) is 3. The topological polar surface area (TPSA) is 132 Å². The molecule has 0 spiro atoms. The Morgan fingerprint density at radius 2 is 2.03 bits per heavy atom. The van der Waals surface area contributed by atoms with Gasteiger partial charge in [0.25, 0.3) is 0 Å². The van der Waals surface area contributed by atoms with Crippen LogP contribution in [0.15, 0.2) is 30.5 Å². The number of ether oxygens (including phenoxy) is 1. The fourth-order valence-corrected chi connectivity index (χ4v) is 3.36. The lowest BCUT2D eigenvalue weighted by Gasteiger charge is -2.33. The van der Waals surface area contributed by atoms with Crippen LogP contribution in [0.5, 0.6) is 0 Å². The van der Waals surface area contributed by atoms with Gasteiger partial charge in [-0.25, -0.2) is 4.79 Å². The van der Waals surface area contributed by atoms with E-state index in [1.165, 1.54) is 5.56 Å². The second-order valence-electron chi connectivity index (χ2n) is 8.79. The molecule has 1 saturated heterocycles. The number of rotatable bonds is 7. The molecule has 1 amide bonds. The quantitative estimate of drug-likeness (QED) is 0.562. The summed E-state index contributed by atoms with van der Waals surface area (Å²) in [7, 11) is 0. The van der Waals surface area contributed by atoms with Crippen LogP contribution in [-0.2, 0) is 11.3 Å². The normalized spacial score (nSPS) is 15.3. The largest absolute Gasteiger partial charge is 0.444 e. The number of nitriles is 1. The van der Waals surface area contributed by atoms with Gasteiger partial charge >= 0.3 is 6.09 Å². The molecule has 1 aromatic heterocycles. The van der Waals surface area contributed by atoms with Gasteiger partial charge in [-0.3, -0.25) is 0 Å². The Hall–Kier alpha value is -3.45. The van der Waals surface area contributed by atoms with Crippen LogP contribution in [0, 0.1) is 17.2 Å². The molecule has 0 unspecified atom stereocenters. The van der Waals surface area contributed by atoms with Crippen molar-refractivity contribution in [3.05, 3.63) is 41.9 Å². The van der Waals surface area contributed by atoms with E-state index < -0.39 is 5.60 Å². The number of amides is 1. The molecule has 1 fully saturated rings. The molecule has 0 aliphatic carbocycles. The zero-order valence-electron chi connectivity index (χ0n) is 18.8. The number of likely N-dealkylation sites (tertiary alicyclic amines) is 1. The maximum atomic E-state index is 12.2. The van der Waals surface area contributed by atoms with E-state index in [-0.39, 0.29) is 11.9 Å². The number of aromatic amines is 1. The predicted octanol–water partition coefficient (Wildman–Crippen LogP) is 2.91. The smallest absolute Gasteiger partial charge is 0.410 e. The molecule has 10 nitrogen and oxygen atoms in total. The molecule has 1 aliphatic heterocycles. The van der Waals surface area contributed by atoms with E-state index in [4.69, 9.17) is 4.74 Å². The highest BCUT2D eigenvalue weighted by Gasteiger charge is 2.26. The third kappa shape index (κ3) is 7.06. The minimum atomic E-state index is -0.455. The van der Waals surface area contributed by atoms with Gasteiger partial charge in [0.2, 0.25) is 5.82 Å². The van der Waals surface area contributed by atoms with E-state index in [1.807, 2.05) is 51.1 Å². The summed E-state index contributed by atoms with van der Waals surface area (Å²) in [4.78, 5) is 14.0. The van der Waals surface area contributed by atoms with Crippen molar-refractivity contribution in [3.8, 4) is 6.07 Å². The van der Waals surface area contributed by atoms with E-state index in [0.29, 0.717) is 11.5 Å². The maximum absolute atomic E-state index is 12.2. The summed E-state index contributed by atoms with van der Waals surface area (Å²) in [5, 5.41) is 29.2. The lowest BCUT2D eigenvalue weighted by Crippen LogP contribution is -2.43. The van der Waals surface area contributed by atoms with Crippen molar-refractivity contribution in [1.29, 1.82) is 5.26 Å². The van der Waals surface area contributed by atoms with E-state index in [9.17, 15) is 10.1 Å². The van der Waals surface area contributed by atoms with Crippen molar-refractivity contribution >= 4 is 17.4 Å². The fourth-order valence-electron chi connectivity index (χ4n) is 3.36. The molecule has 2 aromatic rings. The first-order valence-corrected chi connectivity index (χ1v) is 10.7. The minimum absolute atomic E-state index is 0.216. The molecule has 0 saturated carbocycles. The number of hydrogen-bond acceptors (Lipinski definition) is 8. The Bertz CT molecular complexity index is 934. The van der Waals surface area contributed by atoms with Crippen molar-refractivity contribution in [2.45, 2.75) is 45.8 Å². The molecular weight excluding hydrogens is 408 g/mol. The lowest BCUT2D eigenvalue weighted by atomic mass is 9.97. The third-order valence-corrected chi connectivity index (χ3v) is 5.07. The van der Waals surface area contributed by atoms with Gasteiger partial charge in [0.1, 0.15) is 17.2 Å². The van der Waals surface area contributed by atoms with Gasteiger partial charge in [0.05, 0.1) is 0 Å². The Balaban J connectivity index is 1.38. The molecule has 3 rings (SSSR count). The number of aromatic nitrogens is 4. The maximum Gasteiger partial charge on any atom is 0.410 e. The van der Waals surface area contributed by atoms with Crippen molar-refractivity contribution in [2.75, 3.05) is 25.0 Å². The highest BCUT2D eigenvalue weighted by atomic mass is 16.6. The second-order valence-corrected chi connectivity index (χ2v) is 8.79. The molecule has 1 aliphatic rings. The fraction of sp³-hybridized carbons (Fsp3) is 0.500. The first-order chi connectivity index (χ1) is 15.3. The van der Waals surface area contributed by atoms with Gasteiger partial charge in [0, 0.05) is 31.5 Å².